The van der Waals surface area contributed by atoms with E-state index >= 15 is 0 Å². The van der Waals surface area contributed by atoms with Crippen LogP contribution < -0.4 is 10.2 Å². The van der Waals surface area contributed by atoms with Crippen molar-refractivity contribution in [1.82, 2.24) is 15.4 Å². The Labute approximate surface area is 174 Å². The predicted molar refractivity (Wildman–Crippen MR) is 111 cm³/mol. The number of hydrazine groups is 1. The molecule has 1 aliphatic rings. The van der Waals surface area contributed by atoms with E-state index in [2.05, 4.69) is 10.4 Å². The second kappa shape index (κ2) is 7.98. The normalized spacial score (nSPS) is 18.8. The van der Waals surface area contributed by atoms with E-state index in [4.69, 9.17) is 16.3 Å². The fraction of sp³-hybridized carbons (Fsp3) is 0.211. The van der Waals surface area contributed by atoms with Crippen molar-refractivity contribution < 1.29 is 14.3 Å². The molecule has 9 heteroatoms. The lowest BCUT2D eigenvalue weighted by Crippen LogP contribution is -2.63. The number of hydrogen-bond acceptors (Lipinski definition) is 6. The number of ether oxygens (including phenoxy) is 1. The van der Waals surface area contributed by atoms with Gasteiger partial charge in [0.05, 0.1) is 23.1 Å². The number of fused-ring (bicyclic) bond motifs is 1. The van der Waals surface area contributed by atoms with Gasteiger partial charge in [0.15, 0.2) is 4.34 Å². The molecule has 2 amide bonds. The maximum absolute atomic E-state index is 12.4. The fourth-order valence-corrected chi connectivity index (χ4v) is 5.21. The number of aromatic nitrogens is 1. The summed E-state index contributed by atoms with van der Waals surface area (Å²) in [4.78, 5) is 29.1. The molecular weight excluding hydrogens is 418 g/mol. The lowest BCUT2D eigenvalue weighted by atomic mass is 9.94. The summed E-state index contributed by atoms with van der Waals surface area (Å²) in [5, 5.41) is 0.532. The van der Waals surface area contributed by atoms with Gasteiger partial charge in [0.2, 0.25) is 5.91 Å². The number of carbonyl (C=O) groups is 2. The molecule has 2 unspecified atom stereocenters. The summed E-state index contributed by atoms with van der Waals surface area (Å²) in [6.45, 7) is 0. The molecule has 2 atom stereocenters. The second-order valence-corrected chi connectivity index (χ2v) is 8.79. The maximum Gasteiger partial charge on any atom is 0.262 e. The number of nitrogens with zero attached hydrogens (tertiary/aromatic N) is 2. The summed E-state index contributed by atoms with van der Waals surface area (Å²) in [6, 6.07) is 14.7. The van der Waals surface area contributed by atoms with Gasteiger partial charge in [-0.3, -0.25) is 15.0 Å². The topological polar surface area (TPSA) is 71.5 Å². The summed E-state index contributed by atoms with van der Waals surface area (Å²) in [5.74, 6) is 0.139. The van der Waals surface area contributed by atoms with Gasteiger partial charge < -0.3 is 4.74 Å². The first kappa shape index (κ1) is 19.0. The molecule has 0 bridgehead atoms. The van der Waals surface area contributed by atoms with Crippen LogP contribution in [0.2, 0.25) is 0 Å². The van der Waals surface area contributed by atoms with Crippen molar-refractivity contribution in [3.8, 4) is 5.75 Å². The number of rotatable bonds is 6. The van der Waals surface area contributed by atoms with Gasteiger partial charge in [-0.15, -0.1) is 22.9 Å². The highest BCUT2D eigenvalue weighted by Crippen LogP contribution is 2.41. The lowest BCUT2D eigenvalue weighted by molar-refractivity contribution is -0.155. The molecule has 1 aromatic heterocycles. The number of thioether (sulfide) groups is 1. The lowest BCUT2D eigenvalue weighted by Gasteiger charge is -2.44. The molecule has 2 heterocycles. The van der Waals surface area contributed by atoms with Gasteiger partial charge in [0.1, 0.15) is 17.2 Å². The number of methoxy groups -OCH3 is 1. The van der Waals surface area contributed by atoms with Crippen LogP contribution in [0.5, 0.6) is 5.75 Å². The number of benzene rings is 2. The minimum absolute atomic E-state index is 0.148. The van der Waals surface area contributed by atoms with Crippen LogP contribution in [0.1, 0.15) is 11.6 Å². The van der Waals surface area contributed by atoms with Crippen LogP contribution in [-0.2, 0) is 9.59 Å². The third-order valence-electron chi connectivity index (χ3n) is 4.33. The third kappa shape index (κ3) is 3.55. The monoisotopic (exact) mass is 433 g/mol. The summed E-state index contributed by atoms with van der Waals surface area (Å²) < 4.78 is 7.23. The Kier molecular flexibility index (Phi) is 5.43. The van der Waals surface area contributed by atoms with Crippen LogP contribution in [0.3, 0.4) is 0 Å². The fourth-order valence-electron chi connectivity index (χ4n) is 2.99. The molecule has 1 N–H and O–H groups in total. The Morgan fingerprint density at radius 2 is 2.04 bits per heavy atom. The highest BCUT2D eigenvalue weighted by molar-refractivity contribution is 8.01. The average Bonchev–Trinajstić information content (AvgIpc) is 3.15. The van der Waals surface area contributed by atoms with Crippen molar-refractivity contribution in [2.45, 2.75) is 15.8 Å². The number of thiazole rings is 1. The molecule has 3 aromatic rings. The molecule has 144 valence electrons. The van der Waals surface area contributed by atoms with E-state index in [1.165, 1.54) is 28.1 Å². The largest absolute Gasteiger partial charge is 0.496 e. The molecular formula is C19H16ClN3O3S2. The zero-order valence-corrected chi connectivity index (χ0v) is 17.2. The Bertz CT molecular complexity index is 1010. The van der Waals surface area contributed by atoms with Gasteiger partial charge >= 0.3 is 0 Å². The van der Waals surface area contributed by atoms with E-state index in [-0.39, 0.29) is 17.6 Å². The predicted octanol–water partition coefficient (Wildman–Crippen LogP) is 3.62. The first-order valence-corrected chi connectivity index (χ1v) is 10.7. The maximum atomic E-state index is 12.4. The van der Waals surface area contributed by atoms with Gasteiger partial charge in [-0.05, 0) is 18.2 Å². The van der Waals surface area contributed by atoms with Crippen molar-refractivity contribution in [1.29, 1.82) is 0 Å². The highest BCUT2D eigenvalue weighted by Gasteiger charge is 2.49. The van der Waals surface area contributed by atoms with Gasteiger partial charge in [0.25, 0.3) is 5.91 Å². The third-order valence-corrected chi connectivity index (χ3v) is 6.94. The van der Waals surface area contributed by atoms with Gasteiger partial charge in [0, 0.05) is 5.56 Å². The molecule has 0 aliphatic carbocycles. The van der Waals surface area contributed by atoms with E-state index in [1.54, 1.807) is 13.2 Å². The molecule has 6 nitrogen and oxygen atoms in total. The smallest absolute Gasteiger partial charge is 0.262 e. The number of hydrogen-bond donors (Lipinski definition) is 1. The van der Waals surface area contributed by atoms with E-state index in [0.29, 0.717) is 5.75 Å². The quantitative estimate of drug-likeness (QED) is 0.365. The van der Waals surface area contributed by atoms with E-state index in [0.717, 1.165) is 20.1 Å². The number of alkyl halides is 1. The molecule has 28 heavy (non-hydrogen) atoms. The van der Waals surface area contributed by atoms with Crippen molar-refractivity contribution in [2.24, 2.45) is 0 Å². The Balaban J connectivity index is 1.42. The Hall–Kier alpha value is -2.29. The molecule has 0 radical (unpaired) electrons. The minimum Gasteiger partial charge on any atom is -0.496 e. The first-order chi connectivity index (χ1) is 13.6. The summed E-state index contributed by atoms with van der Waals surface area (Å²) in [7, 11) is 1.56. The molecule has 4 rings (SSSR count). The van der Waals surface area contributed by atoms with Crippen LogP contribution in [0.25, 0.3) is 10.2 Å². The van der Waals surface area contributed by atoms with Crippen molar-refractivity contribution >= 4 is 56.7 Å². The standard InChI is InChI=1S/C19H16ClN3O3S2/c1-26-13-8-4-2-6-11(13)17-16(20)18(25)23(17)22-15(24)10-27-19-21-12-7-3-5-9-14(12)28-19/h2-9,16-17H,10H2,1H3,(H,22,24). The van der Waals surface area contributed by atoms with Crippen molar-refractivity contribution in [3.63, 3.8) is 0 Å². The zero-order chi connectivity index (χ0) is 19.7. The number of β-lactam (4-membered cyclic amide) rings is 1. The van der Waals surface area contributed by atoms with Crippen LogP contribution in [0.15, 0.2) is 52.9 Å². The SMILES string of the molecule is COc1ccccc1C1C(Cl)C(=O)N1NC(=O)CSc1nc2ccccc2s1. The van der Waals surface area contributed by atoms with Gasteiger partial charge in [-0.25, -0.2) is 9.99 Å². The van der Waals surface area contributed by atoms with Crippen LogP contribution in [0, 0.1) is 0 Å². The van der Waals surface area contributed by atoms with Gasteiger partial charge in [-0.1, -0.05) is 42.1 Å². The molecule has 0 saturated carbocycles. The second-order valence-electron chi connectivity index (χ2n) is 6.07. The van der Waals surface area contributed by atoms with Gasteiger partial charge in [-0.2, -0.15) is 0 Å². The number of halogens is 1. The Morgan fingerprint density at radius 1 is 1.29 bits per heavy atom. The molecule has 1 aliphatic heterocycles. The molecule has 0 spiro atoms. The van der Waals surface area contributed by atoms with Crippen LogP contribution in [-0.4, -0.2) is 40.0 Å². The van der Waals surface area contributed by atoms with E-state index in [9.17, 15) is 9.59 Å². The van der Waals surface area contributed by atoms with Crippen LogP contribution >= 0.6 is 34.7 Å². The van der Waals surface area contributed by atoms with Crippen molar-refractivity contribution in [3.05, 3.63) is 54.1 Å². The average molecular weight is 434 g/mol. The number of carbonyl (C=O) groups excluding carboxylic acids is 2. The summed E-state index contributed by atoms with van der Waals surface area (Å²) in [5.41, 5.74) is 4.33. The number of nitrogens with one attached hydrogen (secondary N) is 1. The van der Waals surface area contributed by atoms with Crippen LogP contribution in [0.4, 0.5) is 0 Å². The highest BCUT2D eigenvalue weighted by atomic mass is 35.5. The number of para-hydroxylation sites is 2. The summed E-state index contributed by atoms with van der Waals surface area (Å²) >= 11 is 9.09. The summed E-state index contributed by atoms with van der Waals surface area (Å²) in [6.07, 6.45) is 0. The van der Waals surface area contributed by atoms with E-state index < -0.39 is 11.4 Å². The Morgan fingerprint density at radius 3 is 2.82 bits per heavy atom. The first-order valence-electron chi connectivity index (χ1n) is 8.46. The molecule has 2 aromatic carbocycles. The number of amides is 2. The zero-order valence-electron chi connectivity index (χ0n) is 14.8. The van der Waals surface area contributed by atoms with Crippen molar-refractivity contribution in [2.75, 3.05) is 12.9 Å². The molecule has 1 saturated heterocycles. The minimum atomic E-state index is -0.742. The van der Waals surface area contributed by atoms with E-state index in [1.807, 2.05) is 42.5 Å². The molecule has 1 fully saturated rings.